The molecule has 1 aromatic carbocycles. The first-order valence-electron chi connectivity index (χ1n) is 3.24. The number of nitrogens with two attached hydrogens (primary N) is 1. The van der Waals surface area contributed by atoms with Crippen molar-refractivity contribution >= 4 is 5.71 Å². The lowest BCUT2D eigenvalue weighted by Gasteiger charge is -1.96. The Bertz CT molecular complexity index is 264. The summed E-state index contributed by atoms with van der Waals surface area (Å²) in [5.74, 6) is 4.79. The molecule has 2 nitrogen and oxygen atoms in total. The predicted octanol–water partition coefficient (Wildman–Crippen LogP) is 1.51. The normalized spacial score (nSPS) is 11.6. The van der Waals surface area contributed by atoms with Crippen LogP contribution in [0.15, 0.2) is 29.4 Å². The monoisotopic (exact) mass is 152 g/mol. The molecular weight excluding hydrogens is 143 g/mol. The second kappa shape index (κ2) is 3.14. The highest BCUT2D eigenvalue weighted by atomic mass is 19.1. The maximum atomic E-state index is 12.4. The van der Waals surface area contributed by atoms with Crippen LogP contribution >= 0.6 is 0 Å². The SMILES string of the molecule is C/C(=N/N)c1ccc(F)cc1. The Balaban J connectivity index is 2.99. The number of hydrogen-bond acceptors (Lipinski definition) is 2. The van der Waals surface area contributed by atoms with Crippen molar-refractivity contribution in [3.8, 4) is 0 Å². The first-order chi connectivity index (χ1) is 5.24. The van der Waals surface area contributed by atoms with E-state index in [9.17, 15) is 4.39 Å². The Hall–Kier alpha value is -1.38. The zero-order valence-corrected chi connectivity index (χ0v) is 6.21. The molecular formula is C8H9FN2. The molecule has 2 N–H and O–H groups in total. The number of nitrogens with zero attached hydrogens (tertiary/aromatic N) is 1. The van der Waals surface area contributed by atoms with Crippen molar-refractivity contribution in [2.45, 2.75) is 6.92 Å². The summed E-state index contributed by atoms with van der Waals surface area (Å²) in [6, 6.07) is 6.04. The van der Waals surface area contributed by atoms with Crippen molar-refractivity contribution in [3.05, 3.63) is 35.6 Å². The summed E-state index contributed by atoms with van der Waals surface area (Å²) in [5, 5.41) is 3.48. The molecule has 58 valence electrons. The van der Waals surface area contributed by atoms with Crippen LogP contribution in [0.3, 0.4) is 0 Å². The van der Waals surface area contributed by atoms with E-state index >= 15 is 0 Å². The van der Waals surface area contributed by atoms with E-state index < -0.39 is 0 Å². The minimum Gasteiger partial charge on any atom is -0.323 e. The average Bonchev–Trinajstić information content (AvgIpc) is 2.05. The molecule has 0 radical (unpaired) electrons. The molecule has 0 aliphatic heterocycles. The molecule has 1 aromatic rings. The summed E-state index contributed by atoms with van der Waals surface area (Å²) in [6.45, 7) is 1.77. The highest BCUT2D eigenvalue weighted by Gasteiger charge is 1.95. The van der Waals surface area contributed by atoms with Gasteiger partial charge in [0.25, 0.3) is 0 Å². The summed E-state index contributed by atoms with van der Waals surface area (Å²) >= 11 is 0. The number of halogens is 1. The minimum atomic E-state index is -0.251. The van der Waals surface area contributed by atoms with Crippen molar-refractivity contribution in [2.24, 2.45) is 10.9 Å². The Morgan fingerprint density at radius 1 is 1.36 bits per heavy atom. The average molecular weight is 152 g/mol. The summed E-state index contributed by atoms with van der Waals surface area (Å²) in [6.07, 6.45) is 0. The fraction of sp³-hybridized carbons (Fsp3) is 0.125. The van der Waals surface area contributed by atoms with Gasteiger partial charge in [-0.2, -0.15) is 5.10 Å². The van der Waals surface area contributed by atoms with Gasteiger partial charge in [-0.1, -0.05) is 12.1 Å². The molecule has 0 amide bonds. The van der Waals surface area contributed by atoms with Crippen LogP contribution in [-0.4, -0.2) is 5.71 Å². The van der Waals surface area contributed by atoms with Crippen LogP contribution in [0.1, 0.15) is 12.5 Å². The van der Waals surface area contributed by atoms with E-state index in [1.165, 1.54) is 12.1 Å². The zero-order chi connectivity index (χ0) is 8.27. The Kier molecular flexibility index (Phi) is 2.21. The molecule has 0 heterocycles. The molecule has 3 heteroatoms. The van der Waals surface area contributed by atoms with Gasteiger partial charge in [-0.25, -0.2) is 4.39 Å². The highest BCUT2D eigenvalue weighted by Crippen LogP contribution is 2.03. The van der Waals surface area contributed by atoms with Crippen LogP contribution in [0.5, 0.6) is 0 Å². The van der Waals surface area contributed by atoms with Crippen LogP contribution in [0.4, 0.5) is 4.39 Å². The second-order valence-corrected chi connectivity index (χ2v) is 2.22. The number of rotatable bonds is 1. The first-order valence-corrected chi connectivity index (χ1v) is 3.24. The number of benzene rings is 1. The third-order valence-corrected chi connectivity index (χ3v) is 1.46. The molecule has 0 spiro atoms. The van der Waals surface area contributed by atoms with Crippen molar-refractivity contribution in [1.82, 2.24) is 0 Å². The van der Waals surface area contributed by atoms with Gasteiger partial charge in [-0.3, -0.25) is 0 Å². The van der Waals surface area contributed by atoms with Gasteiger partial charge in [0.15, 0.2) is 0 Å². The summed E-state index contributed by atoms with van der Waals surface area (Å²) in [5.41, 5.74) is 1.54. The molecule has 0 saturated carbocycles. The summed E-state index contributed by atoms with van der Waals surface area (Å²) < 4.78 is 12.4. The second-order valence-electron chi connectivity index (χ2n) is 2.22. The van der Waals surface area contributed by atoms with Crippen molar-refractivity contribution in [2.75, 3.05) is 0 Å². The smallest absolute Gasteiger partial charge is 0.123 e. The van der Waals surface area contributed by atoms with E-state index in [0.717, 1.165) is 5.56 Å². The topological polar surface area (TPSA) is 38.4 Å². The van der Waals surface area contributed by atoms with Gasteiger partial charge >= 0.3 is 0 Å². The van der Waals surface area contributed by atoms with Crippen molar-refractivity contribution < 1.29 is 4.39 Å². The predicted molar refractivity (Wildman–Crippen MR) is 42.8 cm³/mol. The third-order valence-electron chi connectivity index (χ3n) is 1.46. The van der Waals surface area contributed by atoms with Gasteiger partial charge in [-0.05, 0) is 24.6 Å². The standard InChI is InChI=1S/C8H9FN2/c1-6(11-10)7-2-4-8(9)5-3-7/h2-5H,10H2,1H3/b11-6-. The molecule has 0 bridgehead atoms. The molecule has 0 unspecified atom stereocenters. The van der Waals surface area contributed by atoms with E-state index in [0.29, 0.717) is 5.71 Å². The lowest BCUT2D eigenvalue weighted by molar-refractivity contribution is 0.628. The van der Waals surface area contributed by atoms with Crippen LogP contribution in [0.2, 0.25) is 0 Å². The Morgan fingerprint density at radius 3 is 2.36 bits per heavy atom. The van der Waals surface area contributed by atoms with E-state index in [1.807, 2.05) is 0 Å². The number of hydrogen-bond donors (Lipinski definition) is 1. The van der Waals surface area contributed by atoms with Gasteiger partial charge in [-0.15, -0.1) is 0 Å². The molecule has 0 aliphatic carbocycles. The Morgan fingerprint density at radius 2 is 1.91 bits per heavy atom. The molecule has 1 rings (SSSR count). The molecule has 0 atom stereocenters. The largest absolute Gasteiger partial charge is 0.323 e. The lowest BCUT2D eigenvalue weighted by Crippen LogP contribution is -1.98. The fourth-order valence-corrected chi connectivity index (χ4v) is 0.766. The third kappa shape index (κ3) is 1.77. The Labute approximate surface area is 64.5 Å². The fourth-order valence-electron chi connectivity index (χ4n) is 0.766. The van der Waals surface area contributed by atoms with E-state index in [-0.39, 0.29) is 5.82 Å². The van der Waals surface area contributed by atoms with E-state index in [1.54, 1.807) is 19.1 Å². The minimum absolute atomic E-state index is 0.251. The van der Waals surface area contributed by atoms with Gasteiger partial charge in [0.2, 0.25) is 0 Å². The molecule has 0 aromatic heterocycles. The van der Waals surface area contributed by atoms with Crippen molar-refractivity contribution in [3.63, 3.8) is 0 Å². The van der Waals surface area contributed by atoms with Gasteiger partial charge in [0.1, 0.15) is 5.82 Å². The molecule has 0 aliphatic rings. The lowest BCUT2D eigenvalue weighted by atomic mass is 10.1. The van der Waals surface area contributed by atoms with E-state index in [4.69, 9.17) is 5.84 Å². The highest BCUT2D eigenvalue weighted by molar-refractivity contribution is 5.98. The van der Waals surface area contributed by atoms with Crippen LogP contribution in [-0.2, 0) is 0 Å². The summed E-state index contributed by atoms with van der Waals surface area (Å²) in [7, 11) is 0. The van der Waals surface area contributed by atoms with Gasteiger partial charge in [0, 0.05) is 0 Å². The van der Waals surface area contributed by atoms with Gasteiger partial charge in [0.05, 0.1) is 5.71 Å². The van der Waals surface area contributed by atoms with Crippen LogP contribution in [0.25, 0.3) is 0 Å². The van der Waals surface area contributed by atoms with Crippen LogP contribution in [0, 0.1) is 5.82 Å². The van der Waals surface area contributed by atoms with Crippen LogP contribution < -0.4 is 5.84 Å². The van der Waals surface area contributed by atoms with E-state index in [2.05, 4.69) is 5.10 Å². The molecule has 0 saturated heterocycles. The number of hydrazone groups is 1. The van der Waals surface area contributed by atoms with Gasteiger partial charge < -0.3 is 5.84 Å². The quantitative estimate of drug-likeness (QED) is 0.369. The molecule has 11 heavy (non-hydrogen) atoms. The summed E-state index contributed by atoms with van der Waals surface area (Å²) in [4.78, 5) is 0. The van der Waals surface area contributed by atoms with Crippen molar-refractivity contribution in [1.29, 1.82) is 0 Å². The zero-order valence-electron chi connectivity index (χ0n) is 6.21. The first kappa shape index (κ1) is 7.72. The molecule has 0 fully saturated rings. The maximum Gasteiger partial charge on any atom is 0.123 e. The maximum absolute atomic E-state index is 12.4.